The molecule has 6 nitrogen and oxygen atoms in total. The van der Waals surface area contributed by atoms with Crippen LogP contribution < -0.4 is 20.1 Å². The van der Waals surface area contributed by atoms with Gasteiger partial charge >= 0.3 is 0 Å². The summed E-state index contributed by atoms with van der Waals surface area (Å²) < 4.78 is 24.7. The molecular weight excluding hydrogens is 375 g/mol. The van der Waals surface area contributed by atoms with Crippen molar-refractivity contribution in [3.8, 4) is 11.5 Å². The van der Waals surface area contributed by atoms with E-state index in [4.69, 9.17) is 9.47 Å². The van der Waals surface area contributed by atoms with E-state index in [-0.39, 0.29) is 23.1 Å². The van der Waals surface area contributed by atoms with Gasteiger partial charge in [-0.15, -0.1) is 0 Å². The maximum atomic E-state index is 14.2. The fourth-order valence-corrected chi connectivity index (χ4v) is 3.56. The van der Waals surface area contributed by atoms with Crippen LogP contribution in [0.5, 0.6) is 11.5 Å². The summed E-state index contributed by atoms with van der Waals surface area (Å²) in [5, 5.41) is 5.38. The van der Waals surface area contributed by atoms with E-state index in [2.05, 4.69) is 10.6 Å². The van der Waals surface area contributed by atoms with Crippen LogP contribution in [0.25, 0.3) is 0 Å². The van der Waals surface area contributed by atoms with Gasteiger partial charge in [0.25, 0.3) is 5.91 Å². The molecule has 2 amide bonds. The molecule has 2 aromatic rings. The second kappa shape index (κ2) is 9.41. The maximum absolute atomic E-state index is 14.2. The van der Waals surface area contributed by atoms with Crippen molar-refractivity contribution in [2.45, 2.75) is 32.1 Å². The predicted molar refractivity (Wildman–Crippen MR) is 109 cm³/mol. The van der Waals surface area contributed by atoms with Crippen LogP contribution >= 0.6 is 0 Å². The first-order valence-corrected chi connectivity index (χ1v) is 9.66. The molecule has 0 aromatic heterocycles. The lowest BCUT2D eigenvalue weighted by Crippen LogP contribution is -2.25. The van der Waals surface area contributed by atoms with Crippen LogP contribution in [0, 0.1) is 11.7 Å². The van der Waals surface area contributed by atoms with Crippen molar-refractivity contribution in [3.05, 3.63) is 47.8 Å². The average molecular weight is 400 g/mol. The highest BCUT2D eigenvalue weighted by atomic mass is 19.1. The van der Waals surface area contributed by atoms with E-state index >= 15 is 0 Å². The lowest BCUT2D eigenvalue weighted by Gasteiger charge is -2.21. The summed E-state index contributed by atoms with van der Waals surface area (Å²) in [5.41, 5.74) is 0.695. The summed E-state index contributed by atoms with van der Waals surface area (Å²) in [4.78, 5) is 25.1. The molecule has 1 fully saturated rings. The molecule has 0 spiro atoms. The normalized spacial score (nSPS) is 14.2. The number of carbonyl (C=O) groups excluding carboxylic acids is 2. The molecule has 2 N–H and O–H groups in total. The van der Waals surface area contributed by atoms with E-state index < -0.39 is 11.7 Å². The Kier molecular flexibility index (Phi) is 6.69. The Hall–Kier alpha value is -3.09. The van der Waals surface area contributed by atoms with E-state index in [9.17, 15) is 14.0 Å². The molecule has 154 valence electrons. The Balaban J connectivity index is 1.76. The van der Waals surface area contributed by atoms with E-state index in [1.165, 1.54) is 32.4 Å². The predicted octanol–water partition coefficient (Wildman–Crippen LogP) is 4.61. The molecule has 1 saturated carbocycles. The molecule has 0 atom stereocenters. The topological polar surface area (TPSA) is 76.7 Å². The summed E-state index contributed by atoms with van der Waals surface area (Å²) >= 11 is 0. The van der Waals surface area contributed by atoms with Crippen molar-refractivity contribution in [3.63, 3.8) is 0 Å². The quantitative estimate of drug-likeness (QED) is 0.742. The number of anilines is 2. The van der Waals surface area contributed by atoms with Gasteiger partial charge in [-0.2, -0.15) is 0 Å². The van der Waals surface area contributed by atoms with Crippen LogP contribution in [0.2, 0.25) is 0 Å². The van der Waals surface area contributed by atoms with Crippen molar-refractivity contribution in [2.24, 2.45) is 5.92 Å². The van der Waals surface area contributed by atoms with E-state index in [0.29, 0.717) is 17.2 Å². The van der Waals surface area contributed by atoms with E-state index in [1.54, 1.807) is 18.2 Å². The SMILES string of the molecule is COc1cccc(C(=O)Nc2ccc(F)c(NC(=O)C3CCCCC3)c2)c1OC. The number of amides is 2. The van der Waals surface area contributed by atoms with Gasteiger partial charge < -0.3 is 20.1 Å². The summed E-state index contributed by atoms with van der Waals surface area (Å²) in [6, 6.07) is 9.04. The fraction of sp³-hybridized carbons (Fsp3) is 0.364. The molecule has 29 heavy (non-hydrogen) atoms. The van der Waals surface area contributed by atoms with Gasteiger partial charge in [0.05, 0.1) is 25.5 Å². The summed E-state index contributed by atoms with van der Waals surface area (Å²) in [6.45, 7) is 0. The molecule has 0 heterocycles. The Bertz CT molecular complexity index is 894. The lowest BCUT2D eigenvalue weighted by molar-refractivity contribution is -0.120. The molecule has 7 heteroatoms. The number of halogens is 1. The standard InChI is InChI=1S/C22H25FN2O4/c1-28-19-10-6-9-16(20(19)29-2)22(27)24-15-11-12-17(23)18(13-15)25-21(26)14-7-4-3-5-8-14/h6,9-14H,3-5,7-8H2,1-2H3,(H,24,27)(H,25,26). The molecule has 3 rings (SSSR count). The molecule has 0 saturated heterocycles. The van der Waals surface area contributed by atoms with Gasteiger partial charge in [-0.05, 0) is 43.2 Å². The van der Waals surface area contributed by atoms with Gasteiger partial charge in [-0.1, -0.05) is 25.3 Å². The van der Waals surface area contributed by atoms with Gasteiger partial charge in [0.2, 0.25) is 5.91 Å². The van der Waals surface area contributed by atoms with Crippen LogP contribution in [-0.2, 0) is 4.79 Å². The second-order valence-corrected chi connectivity index (χ2v) is 7.01. The smallest absolute Gasteiger partial charge is 0.259 e. The van der Waals surface area contributed by atoms with Crippen LogP contribution in [0.1, 0.15) is 42.5 Å². The highest BCUT2D eigenvalue weighted by Crippen LogP contribution is 2.32. The summed E-state index contributed by atoms with van der Waals surface area (Å²) in [5.74, 6) is -0.521. The number of para-hydroxylation sites is 1. The van der Waals surface area contributed by atoms with E-state index in [0.717, 1.165) is 32.1 Å². The third kappa shape index (κ3) is 4.85. The largest absolute Gasteiger partial charge is 0.493 e. The van der Waals surface area contributed by atoms with Crippen molar-refractivity contribution < 1.29 is 23.5 Å². The van der Waals surface area contributed by atoms with Crippen molar-refractivity contribution in [1.29, 1.82) is 0 Å². The van der Waals surface area contributed by atoms with Gasteiger partial charge in [0, 0.05) is 11.6 Å². The van der Waals surface area contributed by atoms with Crippen molar-refractivity contribution in [1.82, 2.24) is 0 Å². The third-order valence-electron chi connectivity index (χ3n) is 5.11. The molecule has 0 unspecified atom stereocenters. The monoisotopic (exact) mass is 400 g/mol. The summed E-state index contributed by atoms with van der Waals surface area (Å²) in [6.07, 6.45) is 4.80. The number of nitrogens with one attached hydrogen (secondary N) is 2. The zero-order chi connectivity index (χ0) is 20.8. The Labute approximate surface area is 169 Å². The Morgan fingerprint density at radius 2 is 1.76 bits per heavy atom. The number of ether oxygens (including phenoxy) is 2. The van der Waals surface area contributed by atoms with Gasteiger partial charge in [-0.3, -0.25) is 9.59 Å². The number of carbonyl (C=O) groups is 2. The van der Waals surface area contributed by atoms with Crippen LogP contribution in [0.15, 0.2) is 36.4 Å². The molecule has 0 radical (unpaired) electrons. The number of methoxy groups -OCH3 is 2. The van der Waals surface area contributed by atoms with Crippen LogP contribution in [-0.4, -0.2) is 26.0 Å². The summed E-state index contributed by atoms with van der Waals surface area (Å²) in [7, 11) is 2.94. The number of hydrogen-bond acceptors (Lipinski definition) is 4. The molecule has 2 aromatic carbocycles. The fourth-order valence-electron chi connectivity index (χ4n) is 3.56. The Morgan fingerprint density at radius 3 is 2.45 bits per heavy atom. The first-order valence-electron chi connectivity index (χ1n) is 9.66. The molecule has 0 aliphatic heterocycles. The second-order valence-electron chi connectivity index (χ2n) is 7.01. The van der Waals surface area contributed by atoms with Crippen LogP contribution in [0.4, 0.5) is 15.8 Å². The van der Waals surface area contributed by atoms with Gasteiger partial charge in [0.15, 0.2) is 11.5 Å². The third-order valence-corrected chi connectivity index (χ3v) is 5.11. The first kappa shape index (κ1) is 20.6. The molecule has 1 aliphatic carbocycles. The van der Waals surface area contributed by atoms with Gasteiger partial charge in [-0.25, -0.2) is 4.39 Å². The van der Waals surface area contributed by atoms with Crippen molar-refractivity contribution in [2.75, 3.05) is 24.9 Å². The highest BCUT2D eigenvalue weighted by molar-refractivity contribution is 6.07. The van der Waals surface area contributed by atoms with E-state index in [1.807, 2.05) is 0 Å². The Morgan fingerprint density at radius 1 is 1.00 bits per heavy atom. The zero-order valence-corrected chi connectivity index (χ0v) is 16.6. The highest BCUT2D eigenvalue weighted by Gasteiger charge is 2.22. The molecule has 1 aliphatic rings. The minimum Gasteiger partial charge on any atom is -0.493 e. The zero-order valence-electron chi connectivity index (χ0n) is 16.6. The molecule has 0 bridgehead atoms. The van der Waals surface area contributed by atoms with Gasteiger partial charge in [0.1, 0.15) is 5.82 Å². The van der Waals surface area contributed by atoms with Crippen LogP contribution in [0.3, 0.4) is 0 Å². The molecular formula is C22H25FN2O4. The van der Waals surface area contributed by atoms with Crippen molar-refractivity contribution >= 4 is 23.2 Å². The minimum atomic E-state index is -0.550. The lowest BCUT2D eigenvalue weighted by atomic mass is 9.88. The minimum absolute atomic E-state index is 0.0518. The first-order chi connectivity index (χ1) is 14.0. The maximum Gasteiger partial charge on any atom is 0.259 e. The number of hydrogen-bond donors (Lipinski definition) is 2. The average Bonchev–Trinajstić information content (AvgIpc) is 2.75. The number of benzene rings is 2. The number of rotatable bonds is 6.